The van der Waals surface area contributed by atoms with E-state index in [4.69, 9.17) is 38.3 Å². The Bertz CT molecular complexity index is 1160. The third-order valence-corrected chi connectivity index (χ3v) is 9.01. The van der Waals surface area contributed by atoms with E-state index in [-0.39, 0.29) is 31.2 Å². The molecule has 1 saturated heterocycles. The minimum Gasteiger partial charge on any atom is -0.507 e. The van der Waals surface area contributed by atoms with Gasteiger partial charge in [-0.1, -0.05) is 17.7 Å². The van der Waals surface area contributed by atoms with Crippen molar-refractivity contribution >= 4 is 17.5 Å². The Balaban J connectivity index is 1.01. The van der Waals surface area contributed by atoms with E-state index in [0.717, 1.165) is 67.6 Å². The first kappa shape index (κ1) is 37.2. The molecule has 1 aromatic carbocycles. The second kappa shape index (κ2) is 18.8. The molecule has 0 atom stereocenters. The molecule has 1 aliphatic carbocycles. The SMILES string of the molecule is Cc1cc(C)c(C2=C(O)C3(CCC(OC4CCN(CCOCCOCCOCCOCCOCC(=O)O)CC4)CC3)OC2=O)c(C)c1. The smallest absolute Gasteiger partial charge is 0.343 e. The Kier molecular flexibility index (Phi) is 14.9. The number of carboxylic acids is 1. The molecule has 3 aliphatic rings. The average Bonchev–Trinajstić information content (AvgIpc) is 3.26. The van der Waals surface area contributed by atoms with Gasteiger partial charge in [-0.2, -0.15) is 0 Å². The minimum atomic E-state index is -0.993. The summed E-state index contributed by atoms with van der Waals surface area (Å²) >= 11 is 0. The molecule has 0 radical (unpaired) electrons. The molecule has 47 heavy (non-hydrogen) atoms. The quantitative estimate of drug-likeness (QED) is 0.155. The Morgan fingerprint density at radius 2 is 1.30 bits per heavy atom. The zero-order valence-corrected chi connectivity index (χ0v) is 28.3. The molecule has 4 rings (SSSR count). The number of rotatable bonds is 20. The third-order valence-electron chi connectivity index (χ3n) is 9.01. The van der Waals surface area contributed by atoms with Crippen molar-refractivity contribution in [3.63, 3.8) is 0 Å². The van der Waals surface area contributed by atoms with E-state index in [1.165, 1.54) is 0 Å². The first-order valence-electron chi connectivity index (χ1n) is 16.9. The van der Waals surface area contributed by atoms with Gasteiger partial charge in [0.05, 0.1) is 71.7 Å². The van der Waals surface area contributed by atoms with Crippen LogP contribution in [0, 0.1) is 20.8 Å². The lowest BCUT2D eigenvalue weighted by atomic mass is 9.80. The first-order chi connectivity index (χ1) is 22.7. The van der Waals surface area contributed by atoms with Crippen LogP contribution in [-0.2, 0) is 42.7 Å². The predicted molar refractivity (Wildman–Crippen MR) is 174 cm³/mol. The molecule has 2 heterocycles. The maximum atomic E-state index is 13.0. The number of esters is 1. The van der Waals surface area contributed by atoms with Crippen molar-refractivity contribution in [1.82, 2.24) is 4.90 Å². The standard InChI is InChI=1S/C35H53NO11/c1-25-22-26(2)31(27(3)23-25)32-33(39)35(47-34(32)40)8-4-28(5-9-35)46-29-6-10-36(11-7-29)12-13-41-14-15-42-16-17-43-18-19-44-20-21-45-24-30(37)38/h22-23,28-29,39H,4-21,24H2,1-3H3,(H,37,38). The fourth-order valence-electron chi connectivity index (χ4n) is 6.70. The maximum Gasteiger partial charge on any atom is 0.343 e. The number of carboxylic acid groups (broad SMARTS) is 1. The number of likely N-dealkylation sites (tertiary alicyclic amines) is 1. The van der Waals surface area contributed by atoms with Crippen LogP contribution in [0.3, 0.4) is 0 Å². The molecule has 1 spiro atoms. The number of piperidine rings is 1. The lowest BCUT2D eigenvalue weighted by molar-refractivity contribution is -0.154. The minimum absolute atomic E-state index is 0.0881. The van der Waals surface area contributed by atoms with Crippen LogP contribution < -0.4 is 0 Å². The number of aliphatic hydroxyl groups is 1. The molecule has 0 aromatic heterocycles. The number of carbonyl (C=O) groups is 2. The van der Waals surface area contributed by atoms with Gasteiger partial charge in [-0.25, -0.2) is 9.59 Å². The highest BCUT2D eigenvalue weighted by Crippen LogP contribution is 2.47. The Morgan fingerprint density at radius 1 is 0.809 bits per heavy atom. The van der Waals surface area contributed by atoms with Gasteiger partial charge in [0.15, 0.2) is 11.4 Å². The van der Waals surface area contributed by atoms with Gasteiger partial charge >= 0.3 is 11.9 Å². The normalized spacial score (nSPS) is 22.4. The summed E-state index contributed by atoms with van der Waals surface area (Å²) in [6.07, 6.45) is 4.92. The van der Waals surface area contributed by atoms with Crippen LogP contribution in [0.5, 0.6) is 0 Å². The van der Waals surface area contributed by atoms with E-state index < -0.39 is 17.5 Å². The Hall–Kier alpha value is -2.58. The second-order valence-electron chi connectivity index (χ2n) is 12.7. The monoisotopic (exact) mass is 663 g/mol. The summed E-state index contributed by atoms with van der Waals surface area (Å²) in [6.45, 7) is 12.6. The zero-order valence-electron chi connectivity index (χ0n) is 28.3. The van der Waals surface area contributed by atoms with Gasteiger partial charge < -0.3 is 48.3 Å². The summed E-state index contributed by atoms with van der Waals surface area (Å²) in [6, 6.07) is 4.07. The van der Waals surface area contributed by atoms with E-state index >= 15 is 0 Å². The van der Waals surface area contributed by atoms with Gasteiger partial charge in [0.1, 0.15) is 12.2 Å². The molecule has 0 bridgehead atoms. The van der Waals surface area contributed by atoms with Gasteiger partial charge in [0.25, 0.3) is 0 Å². The van der Waals surface area contributed by atoms with E-state index in [2.05, 4.69) is 4.90 Å². The first-order valence-corrected chi connectivity index (χ1v) is 16.9. The Labute approximate surface area is 278 Å². The summed E-state index contributed by atoms with van der Waals surface area (Å²) in [5, 5.41) is 19.8. The topological polar surface area (TPSA) is 142 Å². The van der Waals surface area contributed by atoms with Crippen molar-refractivity contribution in [3.8, 4) is 0 Å². The number of nitrogens with zero attached hydrogens (tertiary/aromatic N) is 1. The summed E-state index contributed by atoms with van der Waals surface area (Å²) in [5.41, 5.74) is 3.26. The number of carbonyl (C=O) groups excluding carboxylic acids is 1. The molecule has 12 nitrogen and oxygen atoms in total. The number of benzene rings is 1. The van der Waals surface area contributed by atoms with E-state index in [0.29, 0.717) is 71.3 Å². The number of aliphatic carboxylic acids is 1. The molecule has 2 fully saturated rings. The molecule has 0 unspecified atom stereocenters. The molecular weight excluding hydrogens is 610 g/mol. The van der Waals surface area contributed by atoms with Crippen LogP contribution >= 0.6 is 0 Å². The highest BCUT2D eigenvalue weighted by molar-refractivity contribution is 6.20. The van der Waals surface area contributed by atoms with Crippen molar-refractivity contribution in [1.29, 1.82) is 0 Å². The van der Waals surface area contributed by atoms with E-state index in [1.807, 2.05) is 32.9 Å². The second-order valence-corrected chi connectivity index (χ2v) is 12.7. The van der Waals surface area contributed by atoms with Crippen molar-refractivity contribution in [2.75, 3.05) is 85.7 Å². The highest BCUT2D eigenvalue weighted by atomic mass is 16.6. The summed E-state index contributed by atoms with van der Waals surface area (Å²) in [7, 11) is 0. The predicted octanol–water partition coefficient (Wildman–Crippen LogP) is 3.77. The molecule has 2 aliphatic heterocycles. The number of aliphatic hydroxyl groups excluding tert-OH is 1. The van der Waals surface area contributed by atoms with Crippen LogP contribution in [0.2, 0.25) is 0 Å². The zero-order chi connectivity index (χ0) is 33.6. The summed E-state index contributed by atoms with van der Waals surface area (Å²) < 4.78 is 39.3. The average molecular weight is 664 g/mol. The summed E-state index contributed by atoms with van der Waals surface area (Å²) in [4.78, 5) is 25.7. The molecule has 0 amide bonds. The van der Waals surface area contributed by atoms with Crippen molar-refractivity contribution < 1.29 is 53.0 Å². The van der Waals surface area contributed by atoms with Crippen LogP contribution in [0.1, 0.15) is 60.8 Å². The van der Waals surface area contributed by atoms with E-state index in [9.17, 15) is 14.7 Å². The molecule has 2 N–H and O–H groups in total. The van der Waals surface area contributed by atoms with Gasteiger partial charge in [0.2, 0.25) is 0 Å². The maximum absolute atomic E-state index is 13.0. The van der Waals surface area contributed by atoms with Gasteiger partial charge in [-0.3, -0.25) is 0 Å². The fraction of sp³-hybridized carbons (Fsp3) is 0.714. The third kappa shape index (κ3) is 11.2. The van der Waals surface area contributed by atoms with Crippen molar-refractivity contribution in [2.24, 2.45) is 0 Å². The molecular formula is C35H53NO11. The molecule has 1 aromatic rings. The van der Waals surface area contributed by atoms with E-state index in [1.54, 1.807) is 0 Å². The van der Waals surface area contributed by atoms with Crippen LogP contribution in [0.25, 0.3) is 5.57 Å². The van der Waals surface area contributed by atoms with Crippen LogP contribution in [0.4, 0.5) is 0 Å². The lowest BCUT2D eigenvalue weighted by Gasteiger charge is -2.39. The van der Waals surface area contributed by atoms with Gasteiger partial charge in [-0.15, -0.1) is 0 Å². The largest absolute Gasteiger partial charge is 0.507 e. The highest BCUT2D eigenvalue weighted by Gasteiger charge is 2.51. The Morgan fingerprint density at radius 3 is 1.83 bits per heavy atom. The van der Waals surface area contributed by atoms with Crippen molar-refractivity contribution in [2.45, 2.75) is 77.1 Å². The molecule has 264 valence electrons. The van der Waals surface area contributed by atoms with Crippen LogP contribution in [0.15, 0.2) is 17.9 Å². The van der Waals surface area contributed by atoms with Crippen molar-refractivity contribution in [3.05, 3.63) is 40.1 Å². The number of hydrogen-bond acceptors (Lipinski definition) is 11. The fourth-order valence-corrected chi connectivity index (χ4v) is 6.70. The number of hydrogen-bond donors (Lipinski definition) is 2. The molecule has 1 saturated carbocycles. The van der Waals surface area contributed by atoms with Gasteiger partial charge in [0, 0.05) is 19.6 Å². The number of ether oxygens (including phenoxy) is 7. The number of aryl methyl sites for hydroxylation is 3. The lowest BCUT2D eigenvalue weighted by Crippen LogP contribution is -2.43. The van der Waals surface area contributed by atoms with Crippen LogP contribution in [-0.4, -0.2) is 131 Å². The molecule has 12 heteroatoms. The van der Waals surface area contributed by atoms with Gasteiger partial charge in [-0.05, 0) is 76.0 Å². The summed E-state index contributed by atoms with van der Waals surface area (Å²) in [5.74, 6) is -1.33.